The van der Waals surface area contributed by atoms with E-state index in [2.05, 4.69) is 5.32 Å². The summed E-state index contributed by atoms with van der Waals surface area (Å²) < 4.78 is 12.7. The van der Waals surface area contributed by atoms with Crippen LogP contribution in [-0.2, 0) is 35.1 Å². The highest BCUT2D eigenvalue weighted by Gasteiger charge is 2.74. The van der Waals surface area contributed by atoms with E-state index in [1.165, 1.54) is 4.90 Å². The second kappa shape index (κ2) is 13.1. The number of esters is 1. The molecule has 0 unspecified atom stereocenters. The maximum Gasteiger partial charge on any atom is 0.313 e. The first-order valence-corrected chi connectivity index (χ1v) is 16.4. The molecule has 2 aromatic rings. The van der Waals surface area contributed by atoms with E-state index in [-0.39, 0.29) is 37.9 Å². The first-order chi connectivity index (χ1) is 22.5. The third-order valence-electron chi connectivity index (χ3n) is 9.72. The topological polar surface area (TPSA) is 125 Å². The van der Waals surface area contributed by atoms with Crippen molar-refractivity contribution in [3.8, 4) is 0 Å². The van der Waals surface area contributed by atoms with Gasteiger partial charge in [0, 0.05) is 18.5 Å². The Balaban J connectivity index is 1.44. The average Bonchev–Trinajstić information content (AvgIpc) is 3.70. The van der Waals surface area contributed by atoms with Gasteiger partial charge in [-0.05, 0) is 44.7 Å². The van der Waals surface area contributed by atoms with Gasteiger partial charge in [0.25, 0.3) is 0 Å². The van der Waals surface area contributed by atoms with Crippen molar-refractivity contribution in [3.05, 3.63) is 96.1 Å². The van der Waals surface area contributed by atoms with Gasteiger partial charge in [0.05, 0.1) is 31.2 Å². The van der Waals surface area contributed by atoms with Crippen LogP contribution in [0.15, 0.2) is 85.0 Å². The van der Waals surface area contributed by atoms with Gasteiger partial charge in [0.15, 0.2) is 0 Å². The normalized spacial score (nSPS) is 31.0. The molecule has 0 aliphatic carbocycles. The second-order valence-corrected chi connectivity index (χ2v) is 13.7. The third kappa shape index (κ3) is 6.12. The summed E-state index contributed by atoms with van der Waals surface area (Å²) in [6, 6.07) is 16.8. The number of nitrogens with one attached hydrogen (secondary N) is 1. The van der Waals surface area contributed by atoms with Crippen LogP contribution in [0.2, 0.25) is 0 Å². The zero-order chi connectivity index (χ0) is 33.3. The maximum absolute atomic E-state index is 14.9. The lowest BCUT2D eigenvalue weighted by molar-refractivity contribution is -0.160. The van der Waals surface area contributed by atoms with Crippen LogP contribution in [0.3, 0.4) is 0 Å². The number of likely N-dealkylation sites (tertiary alicyclic amines) is 1. The summed E-state index contributed by atoms with van der Waals surface area (Å²) in [6.45, 7) is 5.67. The predicted octanol–water partition coefficient (Wildman–Crippen LogP) is 3.12. The highest BCUT2D eigenvalue weighted by Crippen LogP contribution is 2.56. The van der Waals surface area contributed by atoms with E-state index < -0.39 is 59.1 Å². The van der Waals surface area contributed by atoms with E-state index in [4.69, 9.17) is 9.47 Å². The van der Waals surface area contributed by atoms with Gasteiger partial charge in [-0.15, -0.1) is 0 Å². The van der Waals surface area contributed by atoms with Crippen molar-refractivity contribution < 1.29 is 33.8 Å². The number of ether oxygens (including phenoxy) is 2. The number of fused-ring (bicyclic) bond motifs is 2. The molecule has 1 spiro atoms. The van der Waals surface area contributed by atoms with Crippen molar-refractivity contribution in [2.24, 2.45) is 11.8 Å². The first kappa shape index (κ1) is 32.7. The van der Waals surface area contributed by atoms with Gasteiger partial charge in [-0.3, -0.25) is 19.2 Å². The van der Waals surface area contributed by atoms with Crippen LogP contribution < -0.4 is 5.32 Å². The molecule has 4 aliphatic rings. The number of amides is 3. The van der Waals surface area contributed by atoms with Crippen LogP contribution >= 0.6 is 0 Å². The van der Waals surface area contributed by atoms with Crippen LogP contribution in [0.4, 0.5) is 0 Å². The van der Waals surface area contributed by atoms with E-state index in [0.717, 1.165) is 5.56 Å². The standard InChI is InChI=1S/C37H43N3O7/c1-36(2,3)39-20-12-6-11-17-29(42)38-22-28(25-15-9-5-10-16-25)46-35(45)30-27-18-19-37(47-27)31(30)33(43)40(32(37)34(39)44)26(23-41)21-24-13-7-4-8-14-24/h4-10,12-16,18-19,26-28,30-32,41H,11,17,20-23H2,1-3H3,(H,38,42)/b12-6-/t26-,27+,28+,30-,31-,32+,37-/m1/s1. The molecule has 47 heavy (non-hydrogen) atoms. The van der Waals surface area contributed by atoms with Gasteiger partial charge in [-0.1, -0.05) is 85.0 Å². The molecule has 4 heterocycles. The molecular formula is C37H43N3O7. The molecule has 2 saturated heterocycles. The van der Waals surface area contributed by atoms with Gasteiger partial charge < -0.3 is 29.7 Å². The average molecular weight is 642 g/mol. The summed E-state index contributed by atoms with van der Waals surface area (Å²) in [4.78, 5) is 59.7. The molecule has 0 radical (unpaired) electrons. The summed E-state index contributed by atoms with van der Waals surface area (Å²) in [5, 5.41) is 13.7. The lowest BCUT2D eigenvalue weighted by atomic mass is 9.74. The van der Waals surface area contributed by atoms with Crippen LogP contribution in [0, 0.1) is 11.8 Å². The molecule has 10 heteroatoms. The lowest BCUT2D eigenvalue weighted by Gasteiger charge is -2.43. The van der Waals surface area contributed by atoms with E-state index >= 15 is 0 Å². The van der Waals surface area contributed by atoms with Crippen molar-refractivity contribution in [3.63, 3.8) is 0 Å². The van der Waals surface area contributed by atoms with Gasteiger partial charge in [-0.25, -0.2) is 0 Å². The lowest BCUT2D eigenvalue weighted by Crippen LogP contribution is -2.61. The fourth-order valence-electron chi connectivity index (χ4n) is 7.45. The zero-order valence-corrected chi connectivity index (χ0v) is 27.1. The van der Waals surface area contributed by atoms with Gasteiger partial charge in [0.2, 0.25) is 17.7 Å². The van der Waals surface area contributed by atoms with Crippen LogP contribution in [-0.4, -0.2) is 87.6 Å². The zero-order valence-electron chi connectivity index (χ0n) is 27.1. The van der Waals surface area contributed by atoms with Gasteiger partial charge in [-0.2, -0.15) is 0 Å². The van der Waals surface area contributed by atoms with Crippen LogP contribution in [0.1, 0.15) is 50.8 Å². The molecule has 5 bridgehead atoms. The van der Waals surface area contributed by atoms with Crippen molar-refractivity contribution in [1.29, 1.82) is 0 Å². The molecular weight excluding hydrogens is 598 g/mol. The summed E-state index contributed by atoms with van der Waals surface area (Å²) >= 11 is 0. The van der Waals surface area contributed by atoms with Crippen molar-refractivity contribution >= 4 is 23.7 Å². The molecule has 10 nitrogen and oxygen atoms in total. The van der Waals surface area contributed by atoms with Crippen molar-refractivity contribution in [1.82, 2.24) is 15.1 Å². The number of benzene rings is 2. The second-order valence-electron chi connectivity index (χ2n) is 13.7. The van der Waals surface area contributed by atoms with E-state index in [1.807, 2.05) is 93.6 Å². The quantitative estimate of drug-likeness (QED) is 0.380. The van der Waals surface area contributed by atoms with Crippen LogP contribution in [0.25, 0.3) is 0 Å². The van der Waals surface area contributed by atoms with E-state index in [9.17, 15) is 24.3 Å². The number of nitrogens with zero attached hydrogens (tertiary/aromatic N) is 2. The molecule has 0 aromatic heterocycles. The fourth-order valence-corrected chi connectivity index (χ4v) is 7.45. The van der Waals surface area contributed by atoms with Crippen LogP contribution in [0.5, 0.6) is 0 Å². The number of hydrogen-bond donors (Lipinski definition) is 2. The molecule has 2 aromatic carbocycles. The Labute approximate surface area is 275 Å². The largest absolute Gasteiger partial charge is 0.455 e. The Morgan fingerprint density at radius 3 is 2.36 bits per heavy atom. The molecule has 2 fully saturated rings. The fraction of sp³-hybridized carbons (Fsp3) is 0.459. The minimum atomic E-state index is -1.43. The highest BCUT2D eigenvalue weighted by atomic mass is 16.6. The van der Waals surface area contributed by atoms with Crippen molar-refractivity contribution in [2.45, 2.75) is 75.5 Å². The smallest absolute Gasteiger partial charge is 0.313 e. The molecule has 2 N–H and O–H groups in total. The Hall–Kier alpha value is -4.28. The summed E-state index contributed by atoms with van der Waals surface area (Å²) in [5.41, 5.74) is -0.482. The number of allylic oxidation sites excluding steroid dienone is 1. The minimum absolute atomic E-state index is 0.0604. The molecule has 3 amide bonds. The number of aliphatic hydroxyl groups excluding tert-OH is 1. The summed E-state index contributed by atoms with van der Waals surface area (Å²) in [7, 11) is 0. The number of rotatable bonds is 5. The highest BCUT2D eigenvalue weighted by molar-refractivity contribution is 5.99. The number of aliphatic hydroxyl groups is 1. The number of hydrogen-bond acceptors (Lipinski definition) is 7. The molecule has 4 aliphatic heterocycles. The van der Waals surface area contributed by atoms with E-state index in [1.54, 1.807) is 17.1 Å². The monoisotopic (exact) mass is 641 g/mol. The molecule has 248 valence electrons. The number of carbonyl (C=O) groups excluding carboxylic acids is 4. The Kier molecular flexibility index (Phi) is 9.09. The minimum Gasteiger partial charge on any atom is -0.455 e. The first-order valence-electron chi connectivity index (χ1n) is 16.4. The third-order valence-corrected chi connectivity index (χ3v) is 9.72. The SMILES string of the molecule is CC(C)(C)N1C/C=C\CCC(=O)NC[C@@H](c2ccccc2)OC(=O)[C@@H]2[C@@H]3C=C[C@]4(O3)[C@H](C1=O)N([C@@H](CO)Cc1ccccc1)C(=O)[C@@H]24. The number of carbonyl (C=O) groups is 4. The Morgan fingerprint density at radius 1 is 0.979 bits per heavy atom. The number of cyclic esters (lactones) is 1. The maximum atomic E-state index is 14.9. The van der Waals surface area contributed by atoms with Gasteiger partial charge in [0.1, 0.15) is 23.7 Å². The summed E-state index contributed by atoms with van der Waals surface area (Å²) in [5.74, 6) is -3.66. The predicted molar refractivity (Wildman–Crippen MR) is 174 cm³/mol. The van der Waals surface area contributed by atoms with Crippen molar-refractivity contribution in [2.75, 3.05) is 19.7 Å². The Bertz CT molecular complexity index is 1550. The van der Waals surface area contributed by atoms with Gasteiger partial charge >= 0.3 is 5.97 Å². The molecule has 0 saturated carbocycles. The summed E-state index contributed by atoms with van der Waals surface area (Å²) in [6.07, 6.45) is 6.66. The molecule has 7 atom stereocenters. The van der Waals surface area contributed by atoms with E-state index in [0.29, 0.717) is 18.4 Å². The molecule has 6 rings (SSSR count). The Morgan fingerprint density at radius 2 is 1.68 bits per heavy atom.